The van der Waals surface area contributed by atoms with Gasteiger partial charge >= 0.3 is 5.97 Å². The van der Waals surface area contributed by atoms with Crippen LogP contribution in [0.5, 0.6) is 0 Å². The van der Waals surface area contributed by atoms with Crippen LogP contribution in [-0.4, -0.2) is 72.3 Å². The first kappa shape index (κ1) is 24.2. The quantitative estimate of drug-likeness (QED) is 0.369. The van der Waals surface area contributed by atoms with E-state index < -0.39 is 30.4 Å². The molecule has 3 amide bonds. The Labute approximate surface area is 215 Å². The third kappa shape index (κ3) is 5.09. The summed E-state index contributed by atoms with van der Waals surface area (Å²) in [6, 6.07) is 24.4. The van der Waals surface area contributed by atoms with E-state index in [1.165, 1.54) is 0 Å². The largest absolute Gasteiger partial charge is 0.454 e. The summed E-state index contributed by atoms with van der Waals surface area (Å²) >= 11 is 0. The van der Waals surface area contributed by atoms with E-state index in [1.54, 1.807) is 29.2 Å². The number of hydrogen-bond acceptors (Lipinski definition) is 6. The van der Waals surface area contributed by atoms with Crippen LogP contribution in [0.1, 0.15) is 26.3 Å². The lowest BCUT2D eigenvalue weighted by atomic mass is 10.0. The van der Waals surface area contributed by atoms with Crippen molar-refractivity contribution in [2.24, 2.45) is 0 Å². The van der Waals surface area contributed by atoms with E-state index >= 15 is 0 Å². The minimum atomic E-state index is -1.18. The van der Waals surface area contributed by atoms with Crippen molar-refractivity contribution in [1.29, 1.82) is 0 Å². The Hall–Kier alpha value is -4.46. The average molecular weight is 498 g/mol. The Balaban J connectivity index is 1.25. The molecule has 8 heteroatoms. The van der Waals surface area contributed by atoms with E-state index in [0.29, 0.717) is 26.2 Å². The van der Waals surface area contributed by atoms with Crippen molar-refractivity contribution in [3.63, 3.8) is 0 Å². The number of benzene rings is 3. The molecule has 0 N–H and O–H groups in total. The molecule has 188 valence electrons. The summed E-state index contributed by atoms with van der Waals surface area (Å²) in [4.78, 5) is 57.1. The molecule has 0 unspecified atom stereocenters. The Morgan fingerprint density at radius 1 is 0.730 bits per heavy atom. The predicted molar refractivity (Wildman–Crippen MR) is 137 cm³/mol. The van der Waals surface area contributed by atoms with Gasteiger partial charge in [-0.05, 0) is 29.8 Å². The number of anilines is 1. The number of imide groups is 1. The number of para-hydroxylation sites is 1. The SMILES string of the molecule is O=C(OCC(=O)N1CCN(c2ccccc2)CC1)[C@H](Cc1ccccc1)N1C(=O)c2ccccc2C1=O. The summed E-state index contributed by atoms with van der Waals surface area (Å²) in [5, 5.41) is 0. The lowest BCUT2D eigenvalue weighted by Gasteiger charge is -2.36. The summed E-state index contributed by atoms with van der Waals surface area (Å²) in [7, 11) is 0. The molecule has 0 aliphatic carbocycles. The molecular formula is C29H27N3O5. The molecule has 3 aromatic rings. The van der Waals surface area contributed by atoms with E-state index in [1.807, 2.05) is 60.7 Å². The molecule has 2 heterocycles. The van der Waals surface area contributed by atoms with Crippen LogP contribution in [0.3, 0.4) is 0 Å². The van der Waals surface area contributed by atoms with Crippen LogP contribution in [0.2, 0.25) is 0 Å². The fourth-order valence-electron chi connectivity index (χ4n) is 4.78. The van der Waals surface area contributed by atoms with E-state index in [0.717, 1.165) is 16.2 Å². The van der Waals surface area contributed by atoms with Gasteiger partial charge in [0.2, 0.25) is 0 Å². The first-order chi connectivity index (χ1) is 18.0. The minimum absolute atomic E-state index is 0.0923. The van der Waals surface area contributed by atoms with Crippen molar-refractivity contribution in [3.8, 4) is 0 Å². The zero-order valence-corrected chi connectivity index (χ0v) is 20.3. The van der Waals surface area contributed by atoms with Gasteiger partial charge in [-0.1, -0.05) is 60.7 Å². The molecule has 37 heavy (non-hydrogen) atoms. The summed E-state index contributed by atoms with van der Waals surface area (Å²) < 4.78 is 5.42. The smallest absolute Gasteiger partial charge is 0.330 e. The van der Waals surface area contributed by atoms with Gasteiger partial charge in [-0.2, -0.15) is 0 Å². The molecule has 1 fully saturated rings. The van der Waals surface area contributed by atoms with Gasteiger partial charge in [0.15, 0.2) is 6.61 Å². The number of carbonyl (C=O) groups excluding carboxylic acids is 4. The Morgan fingerprint density at radius 3 is 1.86 bits per heavy atom. The average Bonchev–Trinajstić information content (AvgIpc) is 3.20. The van der Waals surface area contributed by atoms with Gasteiger partial charge < -0.3 is 14.5 Å². The maximum atomic E-state index is 13.3. The monoisotopic (exact) mass is 497 g/mol. The van der Waals surface area contributed by atoms with E-state index in [4.69, 9.17) is 4.74 Å². The number of fused-ring (bicyclic) bond motifs is 1. The molecule has 1 atom stereocenters. The third-order valence-corrected chi connectivity index (χ3v) is 6.77. The second-order valence-corrected chi connectivity index (χ2v) is 9.04. The van der Waals surface area contributed by atoms with Crippen LogP contribution in [0.25, 0.3) is 0 Å². The number of carbonyl (C=O) groups is 4. The molecular weight excluding hydrogens is 470 g/mol. The topological polar surface area (TPSA) is 87.2 Å². The maximum Gasteiger partial charge on any atom is 0.330 e. The molecule has 0 spiro atoms. The number of esters is 1. The van der Waals surface area contributed by atoms with Gasteiger partial charge in [0, 0.05) is 38.3 Å². The lowest BCUT2D eigenvalue weighted by Crippen LogP contribution is -2.51. The molecule has 1 saturated heterocycles. The van der Waals surface area contributed by atoms with Crippen molar-refractivity contribution >= 4 is 29.4 Å². The standard InChI is InChI=1S/C29H27N3O5/c33-26(31-17-15-30(16-18-31)22-11-5-2-6-12-22)20-37-29(36)25(19-21-9-3-1-4-10-21)32-27(34)23-13-7-8-14-24(23)28(32)35/h1-14,25H,15-20H2/t25-/m0/s1. The van der Waals surface area contributed by atoms with E-state index in [-0.39, 0.29) is 23.5 Å². The maximum absolute atomic E-state index is 13.3. The lowest BCUT2D eigenvalue weighted by molar-refractivity contribution is -0.155. The highest BCUT2D eigenvalue weighted by molar-refractivity contribution is 6.22. The molecule has 3 aromatic carbocycles. The molecule has 0 saturated carbocycles. The van der Waals surface area contributed by atoms with Crippen molar-refractivity contribution in [2.75, 3.05) is 37.7 Å². The summed E-state index contributed by atoms with van der Waals surface area (Å²) in [5.74, 6) is -2.17. The predicted octanol–water partition coefficient (Wildman–Crippen LogP) is 2.79. The summed E-state index contributed by atoms with van der Waals surface area (Å²) in [6.07, 6.45) is 0.0923. The van der Waals surface area contributed by atoms with Crippen LogP contribution in [0.4, 0.5) is 5.69 Å². The van der Waals surface area contributed by atoms with Crippen molar-refractivity contribution < 1.29 is 23.9 Å². The van der Waals surface area contributed by atoms with E-state index in [2.05, 4.69) is 4.90 Å². The molecule has 0 bridgehead atoms. The first-order valence-electron chi connectivity index (χ1n) is 12.3. The normalized spacial score (nSPS) is 15.9. The number of hydrogen-bond donors (Lipinski definition) is 0. The second-order valence-electron chi connectivity index (χ2n) is 9.04. The van der Waals surface area contributed by atoms with Crippen LogP contribution < -0.4 is 4.90 Å². The van der Waals surface area contributed by atoms with Crippen molar-refractivity contribution in [2.45, 2.75) is 12.5 Å². The number of ether oxygens (including phenoxy) is 1. The van der Waals surface area contributed by atoms with Crippen molar-refractivity contribution in [3.05, 3.63) is 102 Å². The van der Waals surface area contributed by atoms with Crippen LogP contribution >= 0.6 is 0 Å². The van der Waals surface area contributed by atoms with Crippen LogP contribution in [-0.2, 0) is 20.7 Å². The van der Waals surface area contributed by atoms with Gasteiger partial charge in [0.05, 0.1) is 11.1 Å². The van der Waals surface area contributed by atoms with Gasteiger partial charge in [-0.3, -0.25) is 19.3 Å². The first-order valence-corrected chi connectivity index (χ1v) is 12.3. The Bertz CT molecular complexity index is 1270. The van der Waals surface area contributed by atoms with Crippen LogP contribution in [0, 0.1) is 0 Å². The molecule has 0 radical (unpaired) electrons. The van der Waals surface area contributed by atoms with Gasteiger partial charge in [0.1, 0.15) is 6.04 Å². The zero-order valence-electron chi connectivity index (χ0n) is 20.3. The summed E-state index contributed by atoms with van der Waals surface area (Å²) in [6.45, 7) is 1.93. The second kappa shape index (κ2) is 10.7. The Morgan fingerprint density at radius 2 is 1.27 bits per heavy atom. The van der Waals surface area contributed by atoms with Crippen molar-refractivity contribution in [1.82, 2.24) is 9.80 Å². The third-order valence-electron chi connectivity index (χ3n) is 6.77. The van der Waals surface area contributed by atoms with Gasteiger partial charge in [-0.25, -0.2) is 4.79 Å². The fourth-order valence-corrected chi connectivity index (χ4v) is 4.78. The zero-order chi connectivity index (χ0) is 25.8. The minimum Gasteiger partial charge on any atom is -0.454 e. The highest BCUT2D eigenvalue weighted by Gasteiger charge is 2.43. The number of rotatable bonds is 7. The van der Waals surface area contributed by atoms with Gasteiger partial charge in [-0.15, -0.1) is 0 Å². The highest BCUT2D eigenvalue weighted by Crippen LogP contribution is 2.26. The number of nitrogens with zero attached hydrogens (tertiary/aromatic N) is 3. The molecule has 8 nitrogen and oxygen atoms in total. The summed E-state index contributed by atoms with van der Waals surface area (Å²) in [5.41, 5.74) is 2.38. The Kier molecular flexibility index (Phi) is 6.98. The van der Waals surface area contributed by atoms with Crippen LogP contribution in [0.15, 0.2) is 84.9 Å². The van der Waals surface area contributed by atoms with E-state index in [9.17, 15) is 19.2 Å². The number of amides is 3. The molecule has 2 aliphatic rings. The molecule has 2 aliphatic heterocycles. The highest BCUT2D eigenvalue weighted by atomic mass is 16.5. The molecule has 0 aromatic heterocycles. The van der Waals surface area contributed by atoms with Gasteiger partial charge in [0.25, 0.3) is 17.7 Å². The number of piperazine rings is 1. The molecule has 5 rings (SSSR count). The fraction of sp³-hybridized carbons (Fsp3) is 0.241.